The highest BCUT2D eigenvalue weighted by Crippen LogP contribution is 2.27. The van der Waals surface area contributed by atoms with Gasteiger partial charge in [0.05, 0.1) is 5.69 Å². The monoisotopic (exact) mass is 257 g/mol. The van der Waals surface area contributed by atoms with Gasteiger partial charge in [-0.15, -0.1) is 0 Å². The van der Waals surface area contributed by atoms with Crippen molar-refractivity contribution < 1.29 is 0 Å². The highest BCUT2D eigenvalue weighted by molar-refractivity contribution is 5.69. The van der Waals surface area contributed by atoms with E-state index in [0.717, 1.165) is 25.2 Å². The van der Waals surface area contributed by atoms with E-state index in [1.54, 1.807) is 0 Å². The largest absolute Gasteiger partial charge is 0.313 e. The van der Waals surface area contributed by atoms with E-state index in [-0.39, 0.29) is 0 Å². The summed E-state index contributed by atoms with van der Waals surface area (Å²) < 4.78 is 1.89. The summed E-state index contributed by atoms with van der Waals surface area (Å²) in [7, 11) is 1.97. The molecule has 0 amide bonds. The summed E-state index contributed by atoms with van der Waals surface area (Å²) in [5.74, 6) is 0. The molecule has 1 aromatic carbocycles. The van der Waals surface area contributed by atoms with E-state index in [1.165, 1.54) is 22.3 Å². The predicted molar refractivity (Wildman–Crippen MR) is 80.1 cm³/mol. The molecule has 0 saturated carbocycles. The van der Waals surface area contributed by atoms with E-state index in [2.05, 4.69) is 55.6 Å². The zero-order valence-corrected chi connectivity index (χ0v) is 12.3. The molecule has 0 aliphatic rings. The van der Waals surface area contributed by atoms with Crippen LogP contribution >= 0.6 is 0 Å². The average molecular weight is 257 g/mol. The predicted octanol–water partition coefficient (Wildman–Crippen LogP) is 3.20. The second-order valence-corrected chi connectivity index (χ2v) is 5.14. The van der Waals surface area contributed by atoms with Gasteiger partial charge in [0.25, 0.3) is 0 Å². The van der Waals surface area contributed by atoms with Crippen molar-refractivity contribution in [1.29, 1.82) is 0 Å². The molecular formula is C16H23N3. The first kappa shape index (κ1) is 13.8. The van der Waals surface area contributed by atoms with Gasteiger partial charge in [-0.2, -0.15) is 5.10 Å². The van der Waals surface area contributed by atoms with Crippen molar-refractivity contribution in [2.45, 2.75) is 33.7 Å². The molecule has 0 unspecified atom stereocenters. The maximum absolute atomic E-state index is 4.45. The number of benzene rings is 1. The van der Waals surface area contributed by atoms with Crippen molar-refractivity contribution in [2.75, 3.05) is 6.54 Å². The molecule has 2 rings (SSSR count). The Labute approximate surface area is 115 Å². The number of nitrogens with one attached hydrogen (secondary N) is 1. The molecule has 0 bridgehead atoms. The first-order chi connectivity index (χ1) is 9.11. The molecule has 0 spiro atoms. The molecule has 0 aliphatic carbocycles. The summed E-state index contributed by atoms with van der Waals surface area (Å²) in [6, 6.07) is 6.66. The van der Waals surface area contributed by atoms with Crippen LogP contribution in [0.2, 0.25) is 0 Å². The number of rotatable bonds is 5. The molecule has 0 fully saturated rings. The average Bonchev–Trinajstić information content (AvgIpc) is 2.70. The lowest BCUT2D eigenvalue weighted by Crippen LogP contribution is -2.14. The van der Waals surface area contributed by atoms with Crippen molar-refractivity contribution in [3.8, 4) is 11.1 Å². The Kier molecular flexibility index (Phi) is 4.38. The standard InChI is InChI=1S/C16H23N3/c1-5-8-17-10-14-7-6-12(2)9-15(14)16-11-19(4)18-13(16)3/h6-7,9,11,17H,5,8,10H2,1-4H3. The topological polar surface area (TPSA) is 29.9 Å². The van der Waals surface area contributed by atoms with E-state index in [1.807, 2.05) is 11.7 Å². The fourth-order valence-corrected chi connectivity index (χ4v) is 2.36. The normalized spacial score (nSPS) is 10.9. The molecule has 2 aromatic rings. The van der Waals surface area contributed by atoms with Crippen LogP contribution in [0.1, 0.15) is 30.2 Å². The van der Waals surface area contributed by atoms with Crippen molar-refractivity contribution >= 4 is 0 Å². The smallest absolute Gasteiger partial charge is 0.0672 e. The van der Waals surface area contributed by atoms with Gasteiger partial charge in [-0.05, 0) is 37.9 Å². The van der Waals surface area contributed by atoms with E-state index < -0.39 is 0 Å². The lowest BCUT2D eigenvalue weighted by atomic mass is 9.98. The summed E-state index contributed by atoms with van der Waals surface area (Å²) >= 11 is 0. The summed E-state index contributed by atoms with van der Waals surface area (Å²) in [5.41, 5.74) is 6.26. The second kappa shape index (κ2) is 6.02. The minimum atomic E-state index is 0.914. The fraction of sp³-hybridized carbons (Fsp3) is 0.438. The third kappa shape index (κ3) is 3.24. The van der Waals surface area contributed by atoms with Gasteiger partial charge >= 0.3 is 0 Å². The Morgan fingerprint density at radius 1 is 1.21 bits per heavy atom. The van der Waals surface area contributed by atoms with Gasteiger partial charge in [0.2, 0.25) is 0 Å². The van der Waals surface area contributed by atoms with Crippen LogP contribution in [0.15, 0.2) is 24.4 Å². The number of hydrogen-bond acceptors (Lipinski definition) is 2. The Morgan fingerprint density at radius 2 is 2.00 bits per heavy atom. The molecule has 3 nitrogen and oxygen atoms in total. The van der Waals surface area contributed by atoms with Crippen LogP contribution in [0.25, 0.3) is 11.1 Å². The molecule has 0 saturated heterocycles. The summed E-state index contributed by atoms with van der Waals surface area (Å²) in [6.07, 6.45) is 3.26. The van der Waals surface area contributed by atoms with Crippen LogP contribution in [-0.4, -0.2) is 16.3 Å². The molecule has 102 valence electrons. The molecule has 1 aromatic heterocycles. The van der Waals surface area contributed by atoms with Gasteiger partial charge in [0, 0.05) is 25.4 Å². The maximum Gasteiger partial charge on any atom is 0.0672 e. The van der Waals surface area contributed by atoms with Gasteiger partial charge in [-0.3, -0.25) is 4.68 Å². The Bertz CT molecular complexity index is 555. The molecule has 1 heterocycles. The van der Waals surface area contributed by atoms with Crippen molar-refractivity contribution in [3.05, 3.63) is 41.2 Å². The third-order valence-corrected chi connectivity index (χ3v) is 3.31. The molecule has 19 heavy (non-hydrogen) atoms. The third-order valence-electron chi connectivity index (χ3n) is 3.31. The molecule has 0 atom stereocenters. The highest BCUT2D eigenvalue weighted by atomic mass is 15.2. The Hall–Kier alpha value is -1.61. The highest BCUT2D eigenvalue weighted by Gasteiger charge is 2.10. The first-order valence-electron chi connectivity index (χ1n) is 6.92. The van der Waals surface area contributed by atoms with Gasteiger partial charge in [0.15, 0.2) is 0 Å². The van der Waals surface area contributed by atoms with Crippen LogP contribution in [-0.2, 0) is 13.6 Å². The summed E-state index contributed by atoms with van der Waals surface area (Å²) in [5, 5.41) is 7.93. The summed E-state index contributed by atoms with van der Waals surface area (Å²) in [6.45, 7) is 8.37. The number of hydrogen-bond donors (Lipinski definition) is 1. The molecule has 3 heteroatoms. The van der Waals surface area contributed by atoms with E-state index >= 15 is 0 Å². The zero-order valence-electron chi connectivity index (χ0n) is 12.3. The van der Waals surface area contributed by atoms with E-state index in [4.69, 9.17) is 0 Å². The second-order valence-electron chi connectivity index (χ2n) is 5.14. The number of aromatic nitrogens is 2. The van der Waals surface area contributed by atoms with Gasteiger partial charge in [0.1, 0.15) is 0 Å². The number of aryl methyl sites for hydroxylation is 3. The van der Waals surface area contributed by atoms with Crippen LogP contribution < -0.4 is 5.32 Å². The Balaban J connectivity index is 2.37. The van der Waals surface area contributed by atoms with Crippen molar-refractivity contribution in [3.63, 3.8) is 0 Å². The minimum absolute atomic E-state index is 0.914. The lowest BCUT2D eigenvalue weighted by Gasteiger charge is -2.11. The van der Waals surface area contributed by atoms with E-state index in [9.17, 15) is 0 Å². The molecule has 0 aliphatic heterocycles. The zero-order chi connectivity index (χ0) is 13.8. The molecule has 1 N–H and O–H groups in total. The van der Waals surface area contributed by atoms with Gasteiger partial charge in [-0.25, -0.2) is 0 Å². The van der Waals surface area contributed by atoms with Crippen LogP contribution in [0.3, 0.4) is 0 Å². The number of nitrogens with zero attached hydrogens (tertiary/aromatic N) is 2. The first-order valence-corrected chi connectivity index (χ1v) is 6.92. The summed E-state index contributed by atoms with van der Waals surface area (Å²) in [4.78, 5) is 0. The SMILES string of the molecule is CCCNCc1ccc(C)cc1-c1cn(C)nc1C. The maximum atomic E-state index is 4.45. The van der Waals surface area contributed by atoms with Crippen LogP contribution in [0.5, 0.6) is 0 Å². The van der Waals surface area contributed by atoms with Gasteiger partial charge in [-0.1, -0.05) is 30.7 Å². The fourth-order valence-electron chi connectivity index (χ4n) is 2.36. The molecule has 0 radical (unpaired) electrons. The van der Waals surface area contributed by atoms with Crippen molar-refractivity contribution in [1.82, 2.24) is 15.1 Å². The van der Waals surface area contributed by atoms with Crippen LogP contribution in [0.4, 0.5) is 0 Å². The van der Waals surface area contributed by atoms with Crippen molar-refractivity contribution in [2.24, 2.45) is 7.05 Å². The van der Waals surface area contributed by atoms with Gasteiger partial charge < -0.3 is 5.32 Å². The minimum Gasteiger partial charge on any atom is -0.313 e. The quantitative estimate of drug-likeness (QED) is 0.834. The lowest BCUT2D eigenvalue weighted by molar-refractivity contribution is 0.676. The Morgan fingerprint density at radius 3 is 2.63 bits per heavy atom. The molecular weight excluding hydrogens is 234 g/mol. The van der Waals surface area contributed by atoms with Crippen LogP contribution in [0, 0.1) is 13.8 Å². The van der Waals surface area contributed by atoms with E-state index in [0.29, 0.717) is 0 Å².